The van der Waals surface area contributed by atoms with Gasteiger partial charge in [-0.1, -0.05) is 0 Å². The van der Waals surface area contributed by atoms with E-state index in [1.807, 2.05) is 0 Å². The summed E-state index contributed by atoms with van der Waals surface area (Å²) in [5.74, 6) is 0. The zero-order chi connectivity index (χ0) is 7.68. The first kappa shape index (κ1) is 8.31. The van der Waals surface area contributed by atoms with Crippen molar-refractivity contribution in [2.75, 3.05) is 0 Å². The fourth-order valence-corrected chi connectivity index (χ4v) is 3.45. The number of hydrogen-bond donors (Lipinski definition) is 1. The summed E-state index contributed by atoms with van der Waals surface area (Å²) in [5, 5.41) is 2.76. The Bertz CT molecular complexity index is 124. The Labute approximate surface area is 78.9 Å². The molecule has 0 aromatic rings. The molecule has 0 saturated heterocycles. The van der Waals surface area contributed by atoms with Gasteiger partial charge in [-0.2, -0.15) is 24.4 Å². The average Bonchev–Trinajstić information content (AvgIpc) is 2.78. The van der Waals surface area contributed by atoms with E-state index >= 15 is 0 Å². The normalized spacial score (nSPS) is 39.0. The molecule has 0 spiro atoms. The first-order chi connectivity index (χ1) is 5.34. The average molecular weight is 188 g/mol. The highest BCUT2D eigenvalue weighted by Gasteiger charge is 2.28. The van der Waals surface area contributed by atoms with E-state index in [0.717, 1.165) is 10.5 Å². The molecular weight excluding hydrogens is 172 g/mol. The summed E-state index contributed by atoms with van der Waals surface area (Å²) < 4.78 is 0. The number of hydrogen-bond acceptors (Lipinski definition) is 2. The Hall–Kier alpha value is 0.700. The molecule has 2 fully saturated rings. The topological polar surface area (TPSA) is 0 Å². The van der Waals surface area contributed by atoms with E-state index in [9.17, 15) is 0 Å². The minimum Gasteiger partial charge on any atom is -0.176 e. The van der Waals surface area contributed by atoms with E-state index in [1.165, 1.54) is 38.5 Å². The molecule has 0 amide bonds. The van der Waals surface area contributed by atoms with Crippen LogP contribution in [0.5, 0.6) is 0 Å². The van der Waals surface area contributed by atoms with Crippen molar-refractivity contribution in [3.8, 4) is 0 Å². The molecule has 2 aliphatic rings. The lowest BCUT2D eigenvalue weighted by Gasteiger charge is -2.24. The molecule has 0 aromatic carbocycles. The van der Waals surface area contributed by atoms with Crippen LogP contribution in [-0.4, -0.2) is 15.7 Å². The van der Waals surface area contributed by atoms with Crippen molar-refractivity contribution in [2.45, 2.75) is 54.3 Å². The molecule has 0 bridgehead atoms. The van der Waals surface area contributed by atoms with Gasteiger partial charge in [0.2, 0.25) is 0 Å². The predicted molar refractivity (Wildman–Crippen MR) is 55.6 cm³/mol. The largest absolute Gasteiger partial charge is 0.176 e. The van der Waals surface area contributed by atoms with E-state index in [-0.39, 0.29) is 0 Å². The summed E-state index contributed by atoms with van der Waals surface area (Å²) in [6.07, 6.45) is 8.54. The maximum Gasteiger partial charge on any atom is 0.00506 e. The van der Waals surface area contributed by atoms with Gasteiger partial charge in [-0.3, -0.25) is 0 Å². The second kappa shape index (κ2) is 3.61. The predicted octanol–water partition coefficient (Wildman–Crippen LogP) is 3.12. The zero-order valence-corrected chi connectivity index (χ0v) is 8.54. The third-order valence-electron chi connectivity index (χ3n) is 2.55. The SMILES string of the molecule is SC1CCC(SC2CC2)CC1. The molecular formula is C9H16S2. The highest BCUT2D eigenvalue weighted by atomic mass is 32.2. The molecule has 11 heavy (non-hydrogen) atoms. The van der Waals surface area contributed by atoms with Crippen LogP contribution >= 0.6 is 24.4 Å². The first-order valence-electron chi connectivity index (χ1n) is 4.68. The van der Waals surface area contributed by atoms with E-state index < -0.39 is 0 Å². The highest BCUT2D eigenvalue weighted by molar-refractivity contribution is 8.00. The standard InChI is InChI=1S/C9H16S2/c10-7-1-3-8(4-2-7)11-9-5-6-9/h7-10H,1-6H2. The maximum absolute atomic E-state index is 4.50. The van der Waals surface area contributed by atoms with Crippen LogP contribution in [0.2, 0.25) is 0 Å². The lowest BCUT2D eigenvalue weighted by atomic mass is 10.00. The van der Waals surface area contributed by atoms with Crippen LogP contribution in [0.25, 0.3) is 0 Å². The van der Waals surface area contributed by atoms with Gasteiger partial charge in [0.05, 0.1) is 0 Å². The summed E-state index contributed by atoms with van der Waals surface area (Å²) in [7, 11) is 0. The summed E-state index contributed by atoms with van der Waals surface area (Å²) in [6.45, 7) is 0. The molecule has 0 unspecified atom stereocenters. The maximum atomic E-state index is 4.50. The van der Waals surface area contributed by atoms with E-state index in [4.69, 9.17) is 0 Å². The van der Waals surface area contributed by atoms with Crippen molar-refractivity contribution in [1.29, 1.82) is 0 Å². The van der Waals surface area contributed by atoms with Crippen molar-refractivity contribution in [1.82, 2.24) is 0 Å². The molecule has 2 rings (SSSR count). The molecule has 0 aliphatic heterocycles. The van der Waals surface area contributed by atoms with Crippen LogP contribution in [0.3, 0.4) is 0 Å². The second-order valence-corrected chi connectivity index (χ2v) is 6.10. The Morgan fingerprint density at radius 3 is 1.73 bits per heavy atom. The molecule has 0 nitrogen and oxygen atoms in total. The summed E-state index contributed by atoms with van der Waals surface area (Å²) in [6, 6.07) is 0. The van der Waals surface area contributed by atoms with Gasteiger partial charge in [-0.25, -0.2) is 0 Å². The van der Waals surface area contributed by atoms with Crippen LogP contribution in [0, 0.1) is 0 Å². The zero-order valence-electron chi connectivity index (χ0n) is 6.83. The Morgan fingerprint density at radius 2 is 1.27 bits per heavy atom. The van der Waals surface area contributed by atoms with Gasteiger partial charge < -0.3 is 0 Å². The minimum absolute atomic E-state index is 0.714. The van der Waals surface area contributed by atoms with Crippen LogP contribution in [0.4, 0.5) is 0 Å². The van der Waals surface area contributed by atoms with Gasteiger partial charge in [-0.05, 0) is 38.5 Å². The fraction of sp³-hybridized carbons (Fsp3) is 1.00. The van der Waals surface area contributed by atoms with Crippen LogP contribution in [-0.2, 0) is 0 Å². The monoisotopic (exact) mass is 188 g/mol. The number of thiol groups is 1. The van der Waals surface area contributed by atoms with Crippen LogP contribution in [0.1, 0.15) is 38.5 Å². The van der Waals surface area contributed by atoms with Crippen LogP contribution < -0.4 is 0 Å². The number of thioether (sulfide) groups is 1. The lowest BCUT2D eigenvalue weighted by molar-refractivity contribution is 0.530. The van der Waals surface area contributed by atoms with Gasteiger partial charge in [0.15, 0.2) is 0 Å². The molecule has 0 radical (unpaired) electrons. The van der Waals surface area contributed by atoms with Crippen molar-refractivity contribution in [3.63, 3.8) is 0 Å². The summed E-state index contributed by atoms with van der Waals surface area (Å²) in [4.78, 5) is 0. The fourth-order valence-electron chi connectivity index (χ4n) is 1.66. The van der Waals surface area contributed by atoms with Crippen molar-refractivity contribution < 1.29 is 0 Å². The van der Waals surface area contributed by atoms with Crippen molar-refractivity contribution in [2.24, 2.45) is 0 Å². The Balaban J connectivity index is 1.69. The molecule has 2 saturated carbocycles. The van der Waals surface area contributed by atoms with Gasteiger partial charge in [0.1, 0.15) is 0 Å². The second-order valence-electron chi connectivity index (χ2n) is 3.77. The summed E-state index contributed by atoms with van der Waals surface area (Å²) in [5.41, 5.74) is 0. The van der Waals surface area contributed by atoms with Gasteiger partial charge >= 0.3 is 0 Å². The van der Waals surface area contributed by atoms with Crippen molar-refractivity contribution in [3.05, 3.63) is 0 Å². The number of rotatable bonds is 2. The van der Waals surface area contributed by atoms with Gasteiger partial charge in [0, 0.05) is 15.7 Å². The third-order valence-corrected chi connectivity index (χ3v) is 4.78. The van der Waals surface area contributed by atoms with E-state index in [2.05, 4.69) is 24.4 Å². The molecule has 64 valence electrons. The van der Waals surface area contributed by atoms with Gasteiger partial charge in [0.25, 0.3) is 0 Å². The molecule has 0 N–H and O–H groups in total. The first-order valence-corrected chi connectivity index (χ1v) is 6.14. The lowest BCUT2D eigenvalue weighted by Crippen LogP contribution is -2.16. The minimum atomic E-state index is 0.714. The summed E-state index contributed by atoms with van der Waals surface area (Å²) >= 11 is 6.75. The quantitative estimate of drug-likeness (QED) is 0.650. The molecule has 2 heteroatoms. The Morgan fingerprint density at radius 1 is 0.818 bits per heavy atom. The molecule has 0 heterocycles. The Kier molecular flexibility index (Phi) is 2.73. The third kappa shape index (κ3) is 2.59. The van der Waals surface area contributed by atoms with Crippen LogP contribution in [0.15, 0.2) is 0 Å². The smallest absolute Gasteiger partial charge is 0.00506 e. The van der Waals surface area contributed by atoms with E-state index in [0.29, 0.717) is 5.25 Å². The molecule has 2 aliphatic carbocycles. The molecule has 0 atom stereocenters. The molecule has 0 aromatic heterocycles. The van der Waals surface area contributed by atoms with Gasteiger partial charge in [-0.15, -0.1) is 0 Å². The highest BCUT2D eigenvalue weighted by Crippen LogP contribution is 2.41. The van der Waals surface area contributed by atoms with E-state index in [1.54, 1.807) is 0 Å². The van der Waals surface area contributed by atoms with Crippen molar-refractivity contribution >= 4 is 24.4 Å².